The van der Waals surface area contributed by atoms with Crippen molar-refractivity contribution in [3.05, 3.63) is 12.7 Å². The second-order valence-electron chi connectivity index (χ2n) is 4.62. The summed E-state index contributed by atoms with van der Waals surface area (Å²) >= 11 is 0. The molecule has 0 radical (unpaired) electrons. The molecule has 15 heavy (non-hydrogen) atoms. The molecule has 1 saturated heterocycles. The predicted molar refractivity (Wildman–Crippen MR) is 62.6 cm³/mol. The number of hydrogen-bond donors (Lipinski definition) is 1. The second-order valence-corrected chi connectivity index (χ2v) is 4.62. The molecule has 0 unspecified atom stereocenters. The molecule has 2 atom stereocenters. The Kier molecular flexibility index (Phi) is 4.82. The highest BCUT2D eigenvalue weighted by atomic mass is 16.1. The number of carbonyl (C=O) groups is 1. The summed E-state index contributed by atoms with van der Waals surface area (Å²) in [6, 6.07) is 0.209. The zero-order chi connectivity index (χ0) is 11.3. The molecule has 1 aliphatic heterocycles. The van der Waals surface area contributed by atoms with Gasteiger partial charge < -0.3 is 10.2 Å². The van der Waals surface area contributed by atoms with E-state index in [0.717, 1.165) is 19.0 Å². The molecule has 0 spiro atoms. The highest BCUT2D eigenvalue weighted by Gasteiger charge is 2.18. The van der Waals surface area contributed by atoms with E-state index in [0.29, 0.717) is 0 Å². The minimum absolute atomic E-state index is 0.0763. The van der Waals surface area contributed by atoms with Crippen molar-refractivity contribution >= 4 is 5.91 Å². The molecular formula is C12H22N2O. The molecule has 3 nitrogen and oxygen atoms in total. The first-order valence-electron chi connectivity index (χ1n) is 5.77. The predicted octanol–water partition coefficient (Wildman–Crippen LogP) is 1.41. The molecule has 0 aromatic rings. The van der Waals surface area contributed by atoms with Crippen LogP contribution >= 0.6 is 0 Å². The van der Waals surface area contributed by atoms with Crippen LogP contribution in [0.25, 0.3) is 0 Å². The molecule has 0 aromatic carbocycles. The fourth-order valence-corrected chi connectivity index (χ4v) is 2.19. The van der Waals surface area contributed by atoms with Crippen LogP contribution < -0.4 is 5.32 Å². The van der Waals surface area contributed by atoms with Gasteiger partial charge in [-0.05, 0) is 38.3 Å². The quantitative estimate of drug-likeness (QED) is 0.712. The standard InChI is InChI=1S/C12H22N2O/c1-4-12(15)13-11(3)9-14-7-5-6-10(2)8-14/h4,10-11H,1,5-9H2,2-3H3,(H,13,15)/t10-,11-/m0/s1. The molecule has 86 valence electrons. The highest BCUT2D eigenvalue weighted by Crippen LogP contribution is 2.15. The molecule has 1 N–H and O–H groups in total. The monoisotopic (exact) mass is 210 g/mol. The molecule has 3 heteroatoms. The normalized spacial score (nSPS) is 24.5. The van der Waals surface area contributed by atoms with Gasteiger partial charge in [-0.2, -0.15) is 0 Å². The van der Waals surface area contributed by atoms with Gasteiger partial charge in [0.2, 0.25) is 5.91 Å². The fourth-order valence-electron chi connectivity index (χ4n) is 2.19. The Morgan fingerprint density at radius 3 is 3.07 bits per heavy atom. The first-order chi connectivity index (χ1) is 7.11. The summed E-state index contributed by atoms with van der Waals surface area (Å²) in [4.78, 5) is 13.5. The molecule has 1 rings (SSSR count). The number of rotatable bonds is 4. The topological polar surface area (TPSA) is 32.3 Å². The van der Waals surface area contributed by atoms with Gasteiger partial charge in [0, 0.05) is 19.1 Å². The SMILES string of the molecule is C=CC(=O)N[C@@H](C)CN1CCC[C@H](C)C1. The molecule has 0 saturated carbocycles. The van der Waals surface area contributed by atoms with Gasteiger partial charge in [0.15, 0.2) is 0 Å². The number of likely N-dealkylation sites (tertiary alicyclic amines) is 1. The number of nitrogens with zero attached hydrogens (tertiary/aromatic N) is 1. The van der Waals surface area contributed by atoms with E-state index >= 15 is 0 Å². The Balaban J connectivity index is 2.27. The third-order valence-corrected chi connectivity index (χ3v) is 2.85. The highest BCUT2D eigenvalue weighted by molar-refractivity contribution is 5.87. The van der Waals surface area contributed by atoms with Crippen LogP contribution in [0, 0.1) is 5.92 Å². The Bertz CT molecular complexity index is 228. The maximum absolute atomic E-state index is 11.1. The lowest BCUT2D eigenvalue weighted by Crippen LogP contribution is -2.44. The number of nitrogens with one attached hydrogen (secondary N) is 1. The van der Waals surface area contributed by atoms with E-state index in [4.69, 9.17) is 0 Å². The van der Waals surface area contributed by atoms with Crippen molar-refractivity contribution in [1.29, 1.82) is 0 Å². The summed E-state index contributed by atoms with van der Waals surface area (Å²) in [6.07, 6.45) is 3.95. The Labute approximate surface area is 92.5 Å². The van der Waals surface area contributed by atoms with Gasteiger partial charge in [0.1, 0.15) is 0 Å². The van der Waals surface area contributed by atoms with Gasteiger partial charge in [-0.3, -0.25) is 4.79 Å². The van der Waals surface area contributed by atoms with Gasteiger partial charge in [-0.1, -0.05) is 13.5 Å². The minimum Gasteiger partial charge on any atom is -0.349 e. The van der Waals surface area contributed by atoms with Crippen LogP contribution in [0.15, 0.2) is 12.7 Å². The van der Waals surface area contributed by atoms with Crippen molar-refractivity contribution in [2.45, 2.75) is 32.7 Å². The molecule has 1 heterocycles. The van der Waals surface area contributed by atoms with E-state index in [9.17, 15) is 4.79 Å². The number of amides is 1. The average molecular weight is 210 g/mol. The van der Waals surface area contributed by atoms with E-state index in [2.05, 4.69) is 23.7 Å². The van der Waals surface area contributed by atoms with Crippen LogP contribution in [0.1, 0.15) is 26.7 Å². The summed E-state index contributed by atoms with van der Waals surface area (Å²) < 4.78 is 0. The molecule has 0 aromatic heterocycles. The van der Waals surface area contributed by atoms with Crippen molar-refractivity contribution in [1.82, 2.24) is 10.2 Å². The molecule has 1 fully saturated rings. The van der Waals surface area contributed by atoms with Crippen molar-refractivity contribution in [2.24, 2.45) is 5.92 Å². The fraction of sp³-hybridized carbons (Fsp3) is 0.750. The summed E-state index contributed by atoms with van der Waals surface area (Å²) in [7, 11) is 0. The smallest absolute Gasteiger partial charge is 0.243 e. The van der Waals surface area contributed by atoms with Crippen LogP contribution in [0.3, 0.4) is 0 Å². The molecule has 1 amide bonds. The largest absolute Gasteiger partial charge is 0.349 e. The van der Waals surface area contributed by atoms with Crippen LogP contribution in [-0.4, -0.2) is 36.5 Å². The Morgan fingerprint density at radius 1 is 1.73 bits per heavy atom. The lowest BCUT2D eigenvalue weighted by Gasteiger charge is -2.32. The van der Waals surface area contributed by atoms with Gasteiger partial charge in [-0.25, -0.2) is 0 Å². The van der Waals surface area contributed by atoms with Gasteiger partial charge in [0.05, 0.1) is 0 Å². The van der Waals surface area contributed by atoms with Crippen LogP contribution in [0.4, 0.5) is 0 Å². The van der Waals surface area contributed by atoms with Gasteiger partial charge in [-0.15, -0.1) is 0 Å². The third-order valence-electron chi connectivity index (χ3n) is 2.85. The first-order valence-corrected chi connectivity index (χ1v) is 5.77. The second kappa shape index (κ2) is 5.91. The summed E-state index contributed by atoms with van der Waals surface area (Å²) in [5, 5.41) is 2.89. The number of hydrogen-bond acceptors (Lipinski definition) is 2. The van der Waals surface area contributed by atoms with Crippen molar-refractivity contribution in [3.8, 4) is 0 Å². The Hall–Kier alpha value is -0.830. The van der Waals surface area contributed by atoms with E-state index in [1.54, 1.807) is 0 Å². The van der Waals surface area contributed by atoms with Crippen LogP contribution in [-0.2, 0) is 4.79 Å². The molecule has 0 aliphatic carbocycles. The first kappa shape index (κ1) is 12.2. The van der Waals surface area contributed by atoms with Crippen molar-refractivity contribution in [3.63, 3.8) is 0 Å². The number of piperidine rings is 1. The van der Waals surface area contributed by atoms with Gasteiger partial charge >= 0.3 is 0 Å². The van der Waals surface area contributed by atoms with E-state index in [-0.39, 0.29) is 11.9 Å². The third kappa shape index (κ3) is 4.47. The molecule has 1 aliphatic rings. The van der Waals surface area contributed by atoms with Crippen molar-refractivity contribution in [2.75, 3.05) is 19.6 Å². The minimum atomic E-state index is -0.0763. The van der Waals surface area contributed by atoms with E-state index < -0.39 is 0 Å². The average Bonchev–Trinajstić information content (AvgIpc) is 2.17. The van der Waals surface area contributed by atoms with E-state index in [1.807, 2.05) is 6.92 Å². The number of carbonyl (C=O) groups excluding carboxylic acids is 1. The van der Waals surface area contributed by atoms with Crippen LogP contribution in [0.5, 0.6) is 0 Å². The summed E-state index contributed by atoms with van der Waals surface area (Å²) in [5.41, 5.74) is 0. The lowest BCUT2D eigenvalue weighted by molar-refractivity contribution is -0.117. The maximum atomic E-state index is 11.1. The maximum Gasteiger partial charge on any atom is 0.243 e. The lowest BCUT2D eigenvalue weighted by atomic mass is 10.00. The molecule has 0 bridgehead atoms. The van der Waals surface area contributed by atoms with Gasteiger partial charge in [0.25, 0.3) is 0 Å². The van der Waals surface area contributed by atoms with E-state index in [1.165, 1.54) is 25.5 Å². The molecular weight excluding hydrogens is 188 g/mol. The summed E-state index contributed by atoms with van der Waals surface area (Å²) in [5.74, 6) is 0.716. The Morgan fingerprint density at radius 2 is 2.47 bits per heavy atom. The van der Waals surface area contributed by atoms with Crippen molar-refractivity contribution < 1.29 is 4.79 Å². The zero-order valence-corrected chi connectivity index (χ0v) is 9.83. The summed E-state index contributed by atoms with van der Waals surface area (Å²) in [6.45, 7) is 11.1. The van der Waals surface area contributed by atoms with Crippen LogP contribution in [0.2, 0.25) is 0 Å². The zero-order valence-electron chi connectivity index (χ0n) is 9.83.